The SMILES string of the molecule is O=C(NC[C@@H](c1ccco1)N1CCSCC1)C(c1ccccc1)c1ccccc1. The number of amides is 1. The molecule has 2 aromatic carbocycles. The molecule has 29 heavy (non-hydrogen) atoms. The number of carbonyl (C=O) groups is 1. The predicted molar refractivity (Wildman–Crippen MR) is 118 cm³/mol. The van der Waals surface area contributed by atoms with Crippen LogP contribution in [0.25, 0.3) is 0 Å². The van der Waals surface area contributed by atoms with Crippen LogP contribution in [-0.2, 0) is 4.79 Å². The van der Waals surface area contributed by atoms with Crippen LogP contribution < -0.4 is 5.32 Å². The van der Waals surface area contributed by atoms with Gasteiger partial charge in [-0.15, -0.1) is 0 Å². The van der Waals surface area contributed by atoms with Gasteiger partial charge in [0.15, 0.2) is 0 Å². The van der Waals surface area contributed by atoms with Gasteiger partial charge in [0.25, 0.3) is 0 Å². The Kier molecular flexibility index (Phi) is 6.70. The molecule has 0 spiro atoms. The molecule has 1 aliphatic heterocycles. The van der Waals surface area contributed by atoms with Crippen molar-refractivity contribution in [1.29, 1.82) is 0 Å². The Labute approximate surface area is 176 Å². The molecule has 1 N–H and O–H groups in total. The lowest BCUT2D eigenvalue weighted by Crippen LogP contribution is -2.43. The van der Waals surface area contributed by atoms with Gasteiger partial charge >= 0.3 is 0 Å². The molecule has 5 heteroatoms. The first-order chi connectivity index (χ1) is 14.3. The number of nitrogens with zero attached hydrogens (tertiary/aromatic N) is 1. The first-order valence-corrected chi connectivity index (χ1v) is 11.2. The third kappa shape index (κ3) is 4.92. The number of rotatable bonds is 7. The molecule has 1 atom stereocenters. The molecule has 150 valence electrons. The van der Waals surface area contributed by atoms with Crippen molar-refractivity contribution in [3.05, 3.63) is 95.9 Å². The number of benzene rings is 2. The van der Waals surface area contributed by atoms with E-state index in [1.165, 1.54) is 0 Å². The third-order valence-corrected chi connectivity index (χ3v) is 6.30. The fourth-order valence-electron chi connectivity index (χ4n) is 3.87. The second-order valence-corrected chi connectivity index (χ2v) is 8.40. The maximum Gasteiger partial charge on any atom is 0.232 e. The Hall–Kier alpha value is -2.50. The lowest BCUT2D eigenvalue weighted by atomic mass is 9.90. The number of thioether (sulfide) groups is 1. The van der Waals surface area contributed by atoms with E-state index in [4.69, 9.17) is 4.42 Å². The number of hydrogen-bond donors (Lipinski definition) is 1. The highest BCUT2D eigenvalue weighted by atomic mass is 32.2. The maximum absolute atomic E-state index is 13.3. The topological polar surface area (TPSA) is 45.5 Å². The summed E-state index contributed by atoms with van der Waals surface area (Å²) in [5.74, 6) is 2.83. The molecule has 0 saturated carbocycles. The van der Waals surface area contributed by atoms with Gasteiger partial charge in [-0.1, -0.05) is 60.7 Å². The Morgan fingerprint density at radius 1 is 0.931 bits per heavy atom. The van der Waals surface area contributed by atoms with Crippen LogP contribution in [0, 0.1) is 0 Å². The highest BCUT2D eigenvalue weighted by Gasteiger charge is 2.28. The van der Waals surface area contributed by atoms with Crippen molar-refractivity contribution in [2.45, 2.75) is 12.0 Å². The molecule has 4 nitrogen and oxygen atoms in total. The molecule has 1 amide bonds. The smallest absolute Gasteiger partial charge is 0.232 e. The van der Waals surface area contributed by atoms with E-state index >= 15 is 0 Å². The summed E-state index contributed by atoms with van der Waals surface area (Å²) in [6, 6.07) is 23.9. The van der Waals surface area contributed by atoms with Crippen LogP contribution in [0.15, 0.2) is 83.5 Å². The number of carbonyl (C=O) groups excluding carboxylic acids is 1. The molecule has 0 aliphatic carbocycles. The molecule has 1 fully saturated rings. The molecule has 3 aromatic rings. The Balaban J connectivity index is 1.53. The highest BCUT2D eigenvalue weighted by Crippen LogP contribution is 2.27. The Morgan fingerprint density at radius 2 is 1.55 bits per heavy atom. The van der Waals surface area contributed by atoms with Crippen LogP contribution in [-0.4, -0.2) is 41.9 Å². The minimum atomic E-state index is -0.327. The van der Waals surface area contributed by atoms with Gasteiger partial charge in [0.05, 0.1) is 18.2 Å². The van der Waals surface area contributed by atoms with Crippen molar-refractivity contribution >= 4 is 17.7 Å². The quantitative estimate of drug-likeness (QED) is 0.635. The number of furan rings is 1. The van der Waals surface area contributed by atoms with Crippen molar-refractivity contribution in [3.8, 4) is 0 Å². The minimum absolute atomic E-state index is 0.0188. The maximum atomic E-state index is 13.3. The molecule has 0 bridgehead atoms. The van der Waals surface area contributed by atoms with Crippen molar-refractivity contribution in [2.24, 2.45) is 0 Å². The molecule has 0 radical (unpaired) electrons. The standard InChI is InChI=1S/C24H26N2O2S/c27-24(23(19-8-3-1-4-9-19)20-10-5-2-6-11-20)25-18-21(22-12-7-15-28-22)26-13-16-29-17-14-26/h1-12,15,21,23H,13-14,16-18H2,(H,25,27)/t21-/m0/s1. The Morgan fingerprint density at radius 3 is 2.10 bits per heavy atom. The molecular weight excluding hydrogens is 380 g/mol. The molecule has 1 saturated heterocycles. The zero-order valence-electron chi connectivity index (χ0n) is 16.4. The van der Waals surface area contributed by atoms with Gasteiger partial charge in [0.1, 0.15) is 5.76 Å². The summed E-state index contributed by atoms with van der Waals surface area (Å²) in [6.07, 6.45) is 1.71. The van der Waals surface area contributed by atoms with Gasteiger partial charge in [-0.25, -0.2) is 0 Å². The second kappa shape index (κ2) is 9.81. The van der Waals surface area contributed by atoms with Gasteiger partial charge in [0.2, 0.25) is 5.91 Å². The lowest BCUT2D eigenvalue weighted by molar-refractivity contribution is -0.122. The van der Waals surface area contributed by atoms with E-state index < -0.39 is 0 Å². The van der Waals surface area contributed by atoms with E-state index in [0.717, 1.165) is 41.5 Å². The van der Waals surface area contributed by atoms with Crippen LogP contribution >= 0.6 is 11.8 Å². The largest absolute Gasteiger partial charge is 0.468 e. The molecular formula is C24H26N2O2S. The predicted octanol–water partition coefficient (Wildman–Crippen LogP) is 4.32. The van der Waals surface area contributed by atoms with Crippen LogP contribution in [0.2, 0.25) is 0 Å². The summed E-state index contributed by atoms with van der Waals surface area (Å²) < 4.78 is 5.71. The number of hydrogen-bond acceptors (Lipinski definition) is 4. The third-order valence-electron chi connectivity index (χ3n) is 5.36. The van der Waals surface area contributed by atoms with Crippen molar-refractivity contribution < 1.29 is 9.21 Å². The summed E-state index contributed by atoms with van der Waals surface area (Å²) in [6.45, 7) is 2.55. The first-order valence-electron chi connectivity index (χ1n) is 10.1. The van der Waals surface area contributed by atoms with Gasteiger partial charge in [-0.3, -0.25) is 9.69 Å². The van der Waals surface area contributed by atoms with Crippen molar-refractivity contribution in [3.63, 3.8) is 0 Å². The molecule has 1 aliphatic rings. The Bertz CT molecular complexity index is 838. The van der Waals surface area contributed by atoms with E-state index in [9.17, 15) is 4.79 Å². The fraction of sp³-hybridized carbons (Fsp3) is 0.292. The average molecular weight is 407 g/mol. The summed E-state index contributed by atoms with van der Waals surface area (Å²) in [7, 11) is 0. The second-order valence-electron chi connectivity index (χ2n) is 7.18. The summed E-state index contributed by atoms with van der Waals surface area (Å²) in [4.78, 5) is 15.7. The van der Waals surface area contributed by atoms with E-state index in [1.54, 1.807) is 6.26 Å². The van der Waals surface area contributed by atoms with E-state index in [-0.39, 0.29) is 17.9 Å². The molecule has 1 aromatic heterocycles. The molecule has 4 rings (SSSR count). The van der Waals surface area contributed by atoms with Crippen LogP contribution in [0.3, 0.4) is 0 Å². The van der Waals surface area contributed by atoms with Gasteiger partial charge in [0, 0.05) is 31.1 Å². The van der Waals surface area contributed by atoms with Gasteiger partial charge in [-0.05, 0) is 23.3 Å². The summed E-state index contributed by atoms with van der Waals surface area (Å²) in [5.41, 5.74) is 2.00. The zero-order chi connectivity index (χ0) is 19.9. The van der Waals surface area contributed by atoms with E-state index in [2.05, 4.69) is 10.2 Å². The molecule has 2 heterocycles. The van der Waals surface area contributed by atoms with E-state index in [1.807, 2.05) is 84.6 Å². The molecule has 0 unspecified atom stereocenters. The lowest BCUT2D eigenvalue weighted by Gasteiger charge is -2.33. The monoisotopic (exact) mass is 406 g/mol. The van der Waals surface area contributed by atoms with Crippen molar-refractivity contribution in [1.82, 2.24) is 10.2 Å². The number of nitrogens with one attached hydrogen (secondary N) is 1. The zero-order valence-corrected chi connectivity index (χ0v) is 17.2. The van der Waals surface area contributed by atoms with E-state index in [0.29, 0.717) is 6.54 Å². The fourth-order valence-corrected chi connectivity index (χ4v) is 4.80. The van der Waals surface area contributed by atoms with Crippen LogP contribution in [0.5, 0.6) is 0 Å². The van der Waals surface area contributed by atoms with Gasteiger partial charge in [-0.2, -0.15) is 11.8 Å². The summed E-state index contributed by atoms with van der Waals surface area (Å²) >= 11 is 1.98. The van der Waals surface area contributed by atoms with Crippen molar-refractivity contribution in [2.75, 3.05) is 31.1 Å². The minimum Gasteiger partial charge on any atom is -0.468 e. The first kappa shape index (κ1) is 19.8. The highest BCUT2D eigenvalue weighted by molar-refractivity contribution is 7.99. The normalized spacial score (nSPS) is 15.9. The van der Waals surface area contributed by atoms with Crippen LogP contribution in [0.1, 0.15) is 28.8 Å². The van der Waals surface area contributed by atoms with Crippen LogP contribution in [0.4, 0.5) is 0 Å². The summed E-state index contributed by atoms with van der Waals surface area (Å²) in [5, 5.41) is 3.22. The average Bonchev–Trinajstić information content (AvgIpc) is 3.31. The van der Waals surface area contributed by atoms with Gasteiger partial charge < -0.3 is 9.73 Å².